The molecular weight excluding hydrogens is 813 g/mol. The van der Waals surface area contributed by atoms with Gasteiger partial charge in [0.2, 0.25) is 0 Å². The van der Waals surface area contributed by atoms with Crippen LogP contribution in [0.4, 0.5) is 0 Å². The first-order valence-corrected chi connectivity index (χ1v) is 27.8. The maximum Gasteiger partial charge on any atom is 0.310 e. The Morgan fingerprint density at radius 3 is 1.21 bits per heavy atom. The summed E-state index contributed by atoms with van der Waals surface area (Å²) in [5, 5.41) is 0. The molecule has 0 aliphatic carbocycles. The molecule has 0 radical (unpaired) electrons. The van der Waals surface area contributed by atoms with Crippen LogP contribution in [0.15, 0.2) is 97.2 Å². The lowest BCUT2D eigenvalue weighted by Gasteiger charge is -2.18. The van der Waals surface area contributed by atoms with E-state index in [4.69, 9.17) is 14.2 Å². The molecule has 66 heavy (non-hydrogen) atoms. The molecule has 0 aromatic heterocycles. The minimum atomic E-state index is -0.600. The number of rotatable bonds is 50. The molecule has 378 valence electrons. The highest BCUT2D eigenvalue weighted by Crippen LogP contribution is 2.14. The average Bonchev–Trinajstić information content (AvgIpc) is 3.32. The molecule has 0 aliphatic heterocycles. The van der Waals surface area contributed by atoms with Gasteiger partial charge in [-0.25, -0.2) is 0 Å². The fourth-order valence-corrected chi connectivity index (χ4v) is 7.49. The monoisotopic (exact) mass is 917 g/mol. The van der Waals surface area contributed by atoms with Gasteiger partial charge in [-0.15, -0.1) is 0 Å². The number of esters is 2. The van der Waals surface area contributed by atoms with Gasteiger partial charge in [0.25, 0.3) is 0 Å². The molecule has 0 aromatic carbocycles. The second kappa shape index (κ2) is 56.1. The lowest BCUT2D eigenvalue weighted by Crippen LogP contribution is -2.29. The van der Waals surface area contributed by atoms with E-state index in [1.54, 1.807) is 0 Å². The molecule has 0 rings (SSSR count). The van der Waals surface area contributed by atoms with Gasteiger partial charge in [0.1, 0.15) is 6.61 Å². The van der Waals surface area contributed by atoms with Crippen molar-refractivity contribution in [3.05, 3.63) is 97.2 Å². The zero-order chi connectivity index (χ0) is 47.7. The van der Waals surface area contributed by atoms with Crippen molar-refractivity contribution in [1.29, 1.82) is 0 Å². The van der Waals surface area contributed by atoms with E-state index in [1.807, 2.05) is 12.2 Å². The Balaban J connectivity index is 4.38. The highest BCUT2D eigenvalue weighted by Gasteiger charge is 2.17. The lowest BCUT2D eigenvalue weighted by molar-refractivity contribution is -0.162. The summed E-state index contributed by atoms with van der Waals surface area (Å²) in [6.07, 6.45) is 75.9. The Bertz CT molecular complexity index is 1270. The van der Waals surface area contributed by atoms with Crippen molar-refractivity contribution in [2.45, 2.75) is 258 Å². The van der Waals surface area contributed by atoms with E-state index in [1.165, 1.54) is 148 Å². The predicted octanol–water partition coefficient (Wildman–Crippen LogP) is 19.0. The van der Waals surface area contributed by atoms with Gasteiger partial charge in [0, 0.05) is 13.0 Å². The summed E-state index contributed by atoms with van der Waals surface area (Å²) in [7, 11) is 0. The summed E-state index contributed by atoms with van der Waals surface area (Å²) in [5.74, 6) is -0.550. The van der Waals surface area contributed by atoms with Gasteiger partial charge in [0.05, 0.1) is 13.0 Å². The average molecular weight is 917 g/mol. The first-order valence-electron chi connectivity index (χ1n) is 27.8. The second-order valence-corrected chi connectivity index (χ2v) is 18.1. The van der Waals surface area contributed by atoms with Crippen LogP contribution in [-0.4, -0.2) is 37.9 Å². The first kappa shape index (κ1) is 62.8. The minimum absolute atomic E-state index is 0.0373. The minimum Gasteiger partial charge on any atom is -0.462 e. The van der Waals surface area contributed by atoms with Crippen LogP contribution in [0.5, 0.6) is 0 Å². The molecular formula is C61H104O5. The highest BCUT2D eigenvalue weighted by atomic mass is 16.6. The third kappa shape index (κ3) is 53.4. The Labute approximate surface area is 409 Å². The molecule has 5 heteroatoms. The van der Waals surface area contributed by atoms with Gasteiger partial charge in [0.15, 0.2) is 6.10 Å². The lowest BCUT2D eigenvalue weighted by atomic mass is 10.1. The van der Waals surface area contributed by atoms with E-state index in [2.05, 4.69) is 106 Å². The number of allylic oxidation sites excluding steroid dienone is 15. The molecule has 0 amide bonds. The van der Waals surface area contributed by atoms with E-state index in [9.17, 15) is 9.59 Å². The zero-order valence-electron chi connectivity index (χ0n) is 43.4. The molecule has 0 aliphatic rings. The highest BCUT2D eigenvalue weighted by molar-refractivity contribution is 5.71. The molecule has 0 aromatic rings. The molecule has 1 atom stereocenters. The van der Waals surface area contributed by atoms with Crippen LogP contribution in [-0.2, 0) is 23.8 Å². The van der Waals surface area contributed by atoms with E-state index >= 15 is 0 Å². The van der Waals surface area contributed by atoms with Crippen LogP contribution in [0.3, 0.4) is 0 Å². The van der Waals surface area contributed by atoms with Crippen LogP contribution in [0.1, 0.15) is 252 Å². The zero-order valence-corrected chi connectivity index (χ0v) is 43.4. The number of hydrogen-bond acceptors (Lipinski definition) is 5. The fraction of sp³-hybridized carbons (Fsp3) is 0.705. The summed E-state index contributed by atoms with van der Waals surface area (Å²) in [5.41, 5.74) is 0. The molecule has 0 spiro atoms. The molecule has 5 nitrogen and oxygen atoms in total. The third-order valence-electron chi connectivity index (χ3n) is 11.6. The maximum atomic E-state index is 12.8. The summed E-state index contributed by atoms with van der Waals surface area (Å²) in [4.78, 5) is 25.4. The number of unbranched alkanes of at least 4 members (excludes halogenated alkanes) is 24. The van der Waals surface area contributed by atoms with Crippen molar-refractivity contribution < 1.29 is 23.8 Å². The van der Waals surface area contributed by atoms with Gasteiger partial charge in [-0.1, -0.05) is 234 Å². The fourth-order valence-electron chi connectivity index (χ4n) is 7.49. The van der Waals surface area contributed by atoms with Crippen molar-refractivity contribution in [3.63, 3.8) is 0 Å². The molecule has 0 fully saturated rings. The van der Waals surface area contributed by atoms with Crippen LogP contribution in [0.2, 0.25) is 0 Å². The second-order valence-electron chi connectivity index (χ2n) is 18.1. The van der Waals surface area contributed by atoms with E-state index in [-0.39, 0.29) is 31.6 Å². The van der Waals surface area contributed by atoms with Crippen LogP contribution >= 0.6 is 0 Å². The molecule has 0 heterocycles. The van der Waals surface area contributed by atoms with Crippen LogP contribution < -0.4 is 0 Å². The first-order chi connectivity index (χ1) is 32.6. The Morgan fingerprint density at radius 2 is 0.727 bits per heavy atom. The maximum absolute atomic E-state index is 12.8. The smallest absolute Gasteiger partial charge is 0.310 e. The molecule has 1 unspecified atom stereocenters. The van der Waals surface area contributed by atoms with Gasteiger partial charge in [-0.2, -0.15) is 0 Å². The number of carbonyl (C=O) groups is 2. The summed E-state index contributed by atoms with van der Waals surface area (Å²) in [6, 6.07) is 0. The SMILES string of the molecule is CC/C=C\C/C=C\C/C=C\C/C=C\C/C=C\CC(=O)OC(COCCCCCCCC/C=C\CCCCCCCC)COC(=O)CCCCCCCCCCC/C=C\C/C=C\CCCCC. The van der Waals surface area contributed by atoms with Crippen LogP contribution in [0.25, 0.3) is 0 Å². The number of hydrogen-bond donors (Lipinski definition) is 0. The standard InChI is InChI=1S/C61H104O5/c1-4-7-10-13-16-19-22-25-28-30-31-32-34-36-39-42-45-48-51-54-60(62)65-58-59(57-64-56-53-50-47-44-41-38-35-29-26-23-20-17-14-11-8-5-2)66-61(63)55-52-49-46-43-40-37-33-27-24-21-18-15-12-9-6-3/h9,12,16,18-19,21,25-29,33,40,43,49,52,59H,4-8,10-11,13-15,17,20,22-24,30-32,34-39,41-42,44-48,50-51,53-58H2,1-3H3/b12-9-,19-16-,21-18-,28-25-,29-26-,33-27-,43-40-,52-49-. The Kier molecular flexibility index (Phi) is 53.4. The molecule has 0 N–H and O–H groups in total. The number of carbonyl (C=O) groups excluding carboxylic acids is 2. The van der Waals surface area contributed by atoms with Crippen molar-refractivity contribution in [1.82, 2.24) is 0 Å². The molecule has 0 saturated carbocycles. The predicted molar refractivity (Wildman–Crippen MR) is 288 cm³/mol. The van der Waals surface area contributed by atoms with E-state index in [0.29, 0.717) is 13.0 Å². The number of ether oxygens (including phenoxy) is 3. The Morgan fingerprint density at radius 1 is 0.364 bits per heavy atom. The van der Waals surface area contributed by atoms with Gasteiger partial charge in [-0.3, -0.25) is 9.59 Å². The van der Waals surface area contributed by atoms with Crippen molar-refractivity contribution in [2.75, 3.05) is 19.8 Å². The van der Waals surface area contributed by atoms with E-state index in [0.717, 1.165) is 70.6 Å². The largest absolute Gasteiger partial charge is 0.462 e. The van der Waals surface area contributed by atoms with Crippen molar-refractivity contribution in [2.24, 2.45) is 0 Å². The van der Waals surface area contributed by atoms with Gasteiger partial charge in [-0.05, 0) is 103 Å². The van der Waals surface area contributed by atoms with E-state index < -0.39 is 6.10 Å². The Hall–Kier alpha value is -3.18. The quantitative estimate of drug-likeness (QED) is 0.0346. The van der Waals surface area contributed by atoms with Gasteiger partial charge < -0.3 is 14.2 Å². The van der Waals surface area contributed by atoms with Crippen molar-refractivity contribution in [3.8, 4) is 0 Å². The van der Waals surface area contributed by atoms with Crippen LogP contribution in [0, 0.1) is 0 Å². The normalized spacial score (nSPS) is 13.0. The third-order valence-corrected chi connectivity index (χ3v) is 11.6. The summed E-state index contributed by atoms with van der Waals surface area (Å²) < 4.78 is 17.3. The summed E-state index contributed by atoms with van der Waals surface area (Å²) >= 11 is 0. The molecule has 0 saturated heterocycles. The van der Waals surface area contributed by atoms with Gasteiger partial charge >= 0.3 is 11.9 Å². The summed E-state index contributed by atoms with van der Waals surface area (Å²) in [6.45, 7) is 7.57. The topological polar surface area (TPSA) is 61.8 Å². The van der Waals surface area contributed by atoms with Crippen molar-refractivity contribution >= 4 is 11.9 Å². The molecule has 0 bridgehead atoms.